The summed E-state index contributed by atoms with van der Waals surface area (Å²) in [7, 11) is 0. The number of hydrogen-bond acceptors (Lipinski definition) is 3. The smallest absolute Gasteiger partial charge is 0.339 e. The average Bonchev–Trinajstić information content (AvgIpc) is 2.36. The van der Waals surface area contributed by atoms with Crippen LogP contribution in [0.3, 0.4) is 0 Å². The maximum Gasteiger partial charge on any atom is 0.339 e. The second-order valence-corrected chi connectivity index (χ2v) is 5.17. The number of carboxylic acids is 1. The Morgan fingerprint density at radius 2 is 2.21 bits per heavy atom. The number of ether oxygens (including phenoxy) is 1. The minimum absolute atomic E-state index is 0.237. The molecule has 1 aromatic carbocycles. The van der Waals surface area contributed by atoms with Gasteiger partial charge in [-0.05, 0) is 26.0 Å². The quantitative estimate of drug-likeness (QED) is 0.774. The molecule has 0 saturated heterocycles. The number of hydrogen-bond donors (Lipinski definition) is 1. The maximum atomic E-state index is 10.9. The molecule has 0 unspecified atom stereocenters. The van der Waals surface area contributed by atoms with E-state index in [2.05, 4.69) is 0 Å². The lowest BCUT2D eigenvalue weighted by molar-refractivity contribution is 0.0689. The lowest BCUT2D eigenvalue weighted by atomic mass is 10.2. The van der Waals surface area contributed by atoms with Gasteiger partial charge in [0.1, 0.15) is 11.3 Å². The third-order valence-electron chi connectivity index (χ3n) is 1.91. The summed E-state index contributed by atoms with van der Waals surface area (Å²) >= 11 is 1.54. The molecule has 14 heavy (non-hydrogen) atoms. The van der Waals surface area contributed by atoms with E-state index in [0.29, 0.717) is 5.75 Å². The number of carboxylic acid groups (broad SMARTS) is 1. The highest BCUT2D eigenvalue weighted by Gasteiger charge is 2.33. The van der Waals surface area contributed by atoms with Gasteiger partial charge < -0.3 is 9.84 Å². The number of aromatic carboxylic acids is 1. The van der Waals surface area contributed by atoms with Crippen LogP contribution in [0.4, 0.5) is 0 Å². The van der Waals surface area contributed by atoms with E-state index in [1.165, 1.54) is 11.8 Å². The third kappa shape index (κ3) is 1.46. The Morgan fingerprint density at radius 3 is 2.86 bits per heavy atom. The van der Waals surface area contributed by atoms with Crippen LogP contribution in [0.15, 0.2) is 23.1 Å². The Morgan fingerprint density at radius 1 is 1.50 bits per heavy atom. The molecule has 0 spiro atoms. The van der Waals surface area contributed by atoms with Gasteiger partial charge in [0.05, 0.1) is 4.90 Å². The SMILES string of the molecule is CC1(C)Oc2c(cccc2C(=O)O)S1. The molecule has 3 nitrogen and oxygen atoms in total. The van der Waals surface area contributed by atoms with Crippen molar-refractivity contribution in [3.8, 4) is 5.75 Å². The molecular weight excluding hydrogens is 200 g/mol. The maximum absolute atomic E-state index is 10.9. The lowest BCUT2D eigenvalue weighted by Crippen LogP contribution is -2.19. The molecule has 2 rings (SSSR count). The predicted molar refractivity (Wildman–Crippen MR) is 54.0 cm³/mol. The van der Waals surface area contributed by atoms with Crippen molar-refractivity contribution in [1.29, 1.82) is 0 Å². The van der Waals surface area contributed by atoms with Crippen molar-refractivity contribution >= 4 is 17.7 Å². The van der Waals surface area contributed by atoms with Crippen molar-refractivity contribution in [3.63, 3.8) is 0 Å². The topological polar surface area (TPSA) is 46.5 Å². The zero-order valence-corrected chi connectivity index (χ0v) is 8.72. The van der Waals surface area contributed by atoms with Crippen molar-refractivity contribution < 1.29 is 14.6 Å². The van der Waals surface area contributed by atoms with Gasteiger partial charge in [-0.3, -0.25) is 0 Å². The van der Waals surface area contributed by atoms with Gasteiger partial charge in [-0.25, -0.2) is 4.79 Å². The molecule has 0 saturated carbocycles. The fraction of sp³-hybridized carbons (Fsp3) is 0.300. The molecule has 0 radical (unpaired) electrons. The minimum atomic E-state index is -0.944. The van der Waals surface area contributed by atoms with Gasteiger partial charge in [0, 0.05) is 0 Å². The molecule has 1 N–H and O–H groups in total. The van der Waals surface area contributed by atoms with Crippen LogP contribution in [-0.2, 0) is 0 Å². The van der Waals surface area contributed by atoms with E-state index in [9.17, 15) is 4.79 Å². The van der Waals surface area contributed by atoms with E-state index in [1.54, 1.807) is 12.1 Å². The summed E-state index contributed by atoms with van der Waals surface area (Å²) < 4.78 is 5.57. The van der Waals surface area contributed by atoms with Crippen LogP contribution in [0, 0.1) is 0 Å². The second kappa shape index (κ2) is 2.92. The van der Waals surface area contributed by atoms with Gasteiger partial charge in [-0.1, -0.05) is 17.8 Å². The fourth-order valence-electron chi connectivity index (χ4n) is 1.40. The third-order valence-corrected chi connectivity index (χ3v) is 3.03. The highest BCUT2D eigenvalue weighted by atomic mass is 32.2. The Hall–Kier alpha value is -1.16. The molecule has 1 aliphatic rings. The molecule has 0 amide bonds. The van der Waals surface area contributed by atoms with Gasteiger partial charge in [0.25, 0.3) is 0 Å². The number of rotatable bonds is 1. The first-order valence-electron chi connectivity index (χ1n) is 4.24. The van der Waals surface area contributed by atoms with Gasteiger partial charge in [0.2, 0.25) is 0 Å². The molecule has 1 heterocycles. The Labute approximate surface area is 86.1 Å². The van der Waals surface area contributed by atoms with E-state index in [-0.39, 0.29) is 10.5 Å². The normalized spacial score (nSPS) is 17.3. The van der Waals surface area contributed by atoms with Crippen LogP contribution in [-0.4, -0.2) is 16.0 Å². The summed E-state index contributed by atoms with van der Waals surface area (Å²) in [5, 5.41) is 8.93. The number of carbonyl (C=O) groups is 1. The molecule has 1 aliphatic heterocycles. The first-order valence-corrected chi connectivity index (χ1v) is 5.05. The van der Waals surface area contributed by atoms with Crippen molar-refractivity contribution in [1.82, 2.24) is 0 Å². The summed E-state index contributed by atoms with van der Waals surface area (Å²) in [6.45, 7) is 3.84. The van der Waals surface area contributed by atoms with Crippen LogP contribution in [0.2, 0.25) is 0 Å². The van der Waals surface area contributed by atoms with Crippen LogP contribution >= 0.6 is 11.8 Å². The van der Waals surface area contributed by atoms with Crippen molar-refractivity contribution in [2.45, 2.75) is 23.7 Å². The molecule has 0 aromatic heterocycles. The van der Waals surface area contributed by atoms with Gasteiger partial charge in [-0.2, -0.15) is 0 Å². The van der Waals surface area contributed by atoms with Crippen LogP contribution in [0.1, 0.15) is 24.2 Å². The molecule has 0 atom stereocenters. The van der Waals surface area contributed by atoms with Gasteiger partial charge in [-0.15, -0.1) is 0 Å². The summed E-state index contributed by atoms with van der Waals surface area (Å²) in [5.74, 6) is -0.449. The minimum Gasteiger partial charge on any atom is -0.478 e. The van der Waals surface area contributed by atoms with E-state index in [4.69, 9.17) is 9.84 Å². The Kier molecular flexibility index (Phi) is 1.96. The first kappa shape index (κ1) is 9.40. The zero-order valence-electron chi connectivity index (χ0n) is 7.90. The summed E-state index contributed by atoms with van der Waals surface area (Å²) in [6.07, 6.45) is 0. The van der Waals surface area contributed by atoms with Gasteiger partial charge >= 0.3 is 5.97 Å². The fourth-order valence-corrected chi connectivity index (χ4v) is 2.45. The number of fused-ring (bicyclic) bond motifs is 1. The van der Waals surface area contributed by atoms with Crippen LogP contribution in [0.25, 0.3) is 0 Å². The molecule has 0 bridgehead atoms. The van der Waals surface area contributed by atoms with Crippen LogP contribution < -0.4 is 4.74 Å². The standard InChI is InChI=1S/C10H10O3S/c1-10(2)13-8-6(9(11)12)4-3-5-7(8)14-10/h3-5H,1-2H3,(H,11,12). The summed E-state index contributed by atoms with van der Waals surface area (Å²) in [6, 6.07) is 5.17. The van der Waals surface area contributed by atoms with E-state index < -0.39 is 5.97 Å². The number of para-hydroxylation sites is 1. The average molecular weight is 210 g/mol. The highest BCUT2D eigenvalue weighted by Crippen LogP contribution is 2.48. The molecule has 1 aromatic rings. The zero-order chi connectivity index (χ0) is 10.3. The van der Waals surface area contributed by atoms with Crippen LogP contribution in [0.5, 0.6) is 5.75 Å². The number of benzene rings is 1. The van der Waals surface area contributed by atoms with E-state index >= 15 is 0 Å². The van der Waals surface area contributed by atoms with Gasteiger partial charge in [0.15, 0.2) is 4.93 Å². The second-order valence-electron chi connectivity index (χ2n) is 3.54. The summed E-state index contributed by atoms with van der Waals surface area (Å²) in [5.41, 5.74) is 0.237. The molecule has 4 heteroatoms. The van der Waals surface area contributed by atoms with E-state index in [1.807, 2.05) is 19.9 Å². The summed E-state index contributed by atoms with van der Waals surface area (Å²) in [4.78, 5) is 11.4. The van der Waals surface area contributed by atoms with Crippen molar-refractivity contribution in [2.75, 3.05) is 0 Å². The monoisotopic (exact) mass is 210 g/mol. The van der Waals surface area contributed by atoms with E-state index in [0.717, 1.165) is 4.90 Å². The molecule has 0 aliphatic carbocycles. The Bertz CT molecular complexity index is 398. The van der Waals surface area contributed by atoms with Crippen molar-refractivity contribution in [3.05, 3.63) is 23.8 Å². The largest absolute Gasteiger partial charge is 0.478 e. The molecule has 0 fully saturated rings. The Balaban J connectivity index is 2.52. The molecular formula is C10H10O3S. The first-order chi connectivity index (χ1) is 6.49. The number of thioether (sulfide) groups is 1. The highest BCUT2D eigenvalue weighted by molar-refractivity contribution is 8.00. The predicted octanol–water partition coefficient (Wildman–Crippen LogP) is 2.61. The lowest BCUT2D eigenvalue weighted by Gasteiger charge is -2.16. The molecule has 74 valence electrons. The van der Waals surface area contributed by atoms with Crippen molar-refractivity contribution in [2.24, 2.45) is 0 Å².